The Morgan fingerprint density at radius 3 is 2.81 bits per heavy atom. The SMILES string of the molecule is CN1Sc2sccc2C(C(=O)NCc2ccccc2)C1=O. The number of fused-ring (bicyclic) bond motifs is 1. The van der Waals surface area contributed by atoms with Gasteiger partial charge in [-0.05, 0) is 17.0 Å². The van der Waals surface area contributed by atoms with Crippen molar-refractivity contribution in [2.45, 2.75) is 16.7 Å². The van der Waals surface area contributed by atoms with E-state index in [1.54, 1.807) is 18.4 Å². The summed E-state index contributed by atoms with van der Waals surface area (Å²) in [7, 11) is 1.70. The average Bonchev–Trinajstić information content (AvgIpc) is 2.94. The van der Waals surface area contributed by atoms with Crippen LogP contribution in [0.2, 0.25) is 0 Å². The molecule has 1 unspecified atom stereocenters. The van der Waals surface area contributed by atoms with Crippen molar-refractivity contribution in [2.75, 3.05) is 7.05 Å². The molecule has 2 heterocycles. The predicted molar refractivity (Wildman–Crippen MR) is 84.0 cm³/mol. The Hall–Kier alpha value is -1.79. The molecule has 4 nitrogen and oxygen atoms in total. The highest BCUT2D eigenvalue weighted by Crippen LogP contribution is 2.41. The number of thiophene rings is 1. The van der Waals surface area contributed by atoms with Crippen LogP contribution in [0.25, 0.3) is 0 Å². The van der Waals surface area contributed by atoms with Crippen molar-refractivity contribution in [3.8, 4) is 0 Å². The molecule has 21 heavy (non-hydrogen) atoms. The summed E-state index contributed by atoms with van der Waals surface area (Å²) in [5.74, 6) is -1.15. The third-order valence-corrected chi connectivity index (χ3v) is 5.41. The minimum atomic E-state index is -0.735. The quantitative estimate of drug-likeness (QED) is 0.699. The van der Waals surface area contributed by atoms with Crippen LogP contribution in [-0.4, -0.2) is 23.2 Å². The molecule has 1 aromatic heterocycles. The summed E-state index contributed by atoms with van der Waals surface area (Å²) in [5, 5.41) is 4.78. The van der Waals surface area contributed by atoms with Gasteiger partial charge in [-0.1, -0.05) is 30.3 Å². The molecular formula is C15H14N2O2S2. The lowest BCUT2D eigenvalue weighted by Crippen LogP contribution is -2.40. The molecule has 2 amide bonds. The van der Waals surface area contributed by atoms with Crippen molar-refractivity contribution in [3.05, 3.63) is 52.9 Å². The lowest BCUT2D eigenvalue weighted by molar-refractivity contribution is -0.134. The Kier molecular flexibility index (Phi) is 3.98. The van der Waals surface area contributed by atoms with Crippen molar-refractivity contribution in [1.82, 2.24) is 9.62 Å². The molecule has 1 aliphatic rings. The summed E-state index contributed by atoms with van der Waals surface area (Å²) < 4.78 is 2.54. The van der Waals surface area contributed by atoms with Crippen molar-refractivity contribution >= 4 is 35.1 Å². The molecule has 0 saturated heterocycles. The van der Waals surface area contributed by atoms with Crippen molar-refractivity contribution in [2.24, 2.45) is 0 Å². The molecule has 0 saturated carbocycles. The van der Waals surface area contributed by atoms with E-state index >= 15 is 0 Å². The zero-order valence-electron chi connectivity index (χ0n) is 11.4. The second-order valence-electron chi connectivity index (χ2n) is 4.73. The van der Waals surface area contributed by atoms with Gasteiger partial charge in [0.15, 0.2) is 0 Å². The monoisotopic (exact) mass is 318 g/mol. The number of hydrogen-bond donors (Lipinski definition) is 1. The first-order chi connectivity index (χ1) is 10.2. The number of hydrogen-bond acceptors (Lipinski definition) is 4. The number of rotatable bonds is 3. The number of nitrogens with one attached hydrogen (secondary N) is 1. The topological polar surface area (TPSA) is 49.4 Å². The predicted octanol–water partition coefficient (Wildman–Crippen LogP) is 2.63. The molecule has 0 fully saturated rings. The molecule has 6 heteroatoms. The van der Waals surface area contributed by atoms with E-state index < -0.39 is 5.92 Å². The minimum Gasteiger partial charge on any atom is -0.351 e. The van der Waals surface area contributed by atoms with Gasteiger partial charge in [-0.25, -0.2) is 0 Å². The lowest BCUT2D eigenvalue weighted by Gasteiger charge is -2.27. The van der Waals surface area contributed by atoms with Crippen LogP contribution >= 0.6 is 23.3 Å². The van der Waals surface area contributed by atoms with E-state index in [-0.39, 0.29) is 11.8 Å². The van der Waals surface area contributed by atoms with Gasteiger partial charge in [-0.15, -0.1) is 11.3 Å². The number of nitrogens with zero attached hydrogens (tertiary/aromatic N) is 1. The van der Waals surface area contributed by atoms with Gasteiger partial charge in [0.05, 0.1) is 4.21 Å². The Labute approximate surface area is 131 Å². The van der Waals surface area contributed by atoms with Gasteiger partial charge in [0.2, 0.25) is 11.8 Å². The van der Waals surface area contributed by atoms with Gasteiger partial charge in [-0.3, -0.25) is 13.9 Å². The molecule has 1 N–H and O–H groups in total. The fourth-order valence-electron chi connectivity index (χ4n) is 2.22. The summed E-state index contributed by atoms with van der Waals surface area (Å²) in [6, 6.07) is 11.5. The van der Waals surface area contributed by atoms with Crippen molar-refractivity contribution in [3.63, 3.8) is 0 Å². The molecule has 0 spiro atoms. The summed E-state index contributed by atoms with van der Waals surface area (Å²) in [4.78, 5) is 24.7. The Morgan fingerprint density at radius 1 is 1.29 bits per heavy atom. The number of amides is 2. The van der Waals surface area contributed by atoms with Gasteiger partial charge < -0.3 is 5.32 Å². The normalized spacial score (nSPS) is 17.5. The summed E-state index contributed by atoms with van der Waals surface area (Å²) in [6.07, 6.45) is 0. The van der Waals surface area contributed by atoms with E-state index in [0.29, 0.717) is 6.54 Å². The fourth-order valence-corrected chi connectivity index (χ4v) is 4.29. The fraction of sp³-hybridized carbons (Fsp3) is 0.200. The van der Waals surface area contributed by atoms with Crippen LogP contribution in [0.1, 0.15) is 17.0 Å². The minimum absolute atomic E-state index is 0.170. The lowest BCUT2D eigenvalue weighted by atomic mass is 10.00. The maximum Gasteiger partial charge on any atom is 0.249 e. The number of carbonyl (C=O) groups excluding carboxylic acids is 2. The number of carbonyl (C=O) groups is 2. The Bertz CT molecular complexity index is 669. The number of likely N-dealkylation sites (N-methyl/N-ethyl adjacent to an activating group) is 1. The van der Waals surface area contributed by atoms with Crippen LogP contribution < -0.4 is 5.32 Å². The van der Waals surface area contributed by atoms with Gasteiger partial charge in [0.1, 0.15) is 5.92 Å². The van der Waals surface area contributed by atoms with Gasteiger partial charge in [-0.2, -0.15) is 0 Å². The van der Waals surface area contributed by atoms with Gasteiger partial charge >= 0.3 is 0 Å². The van der Waals surface area contributed by atoms with Gasteiger partial charge in [0, 0.05) is 31.1 Å². The highest BCUT2D eigenvalue weighted by Gasteiger charge is 2.38. The zero-order valence-corrected chi connectivity index (χ0v) is 13.0. The smallest absolute Gasteiger partial charge is 0.249 e. The second kappa shape index (κ2) is 5.91. The zero-order chi connectivity index (χ0) is 14.8. The summed E-state index contributed by atoms with van der Waals surface area (Å²) >= 11 is 2.94. The van der Waals surface area contributed by atoms with Crippen molar-refractivity contribution < 1.29 is 9.59 Å². The molecule has 3 rings (SSSR count). The largest absolute Gasteiger partial charge is 0.351 e. The average molecular weight is 318 g/mol. The standard InChI is InChI=1S/C15H14N2O2S2/c1-17-14(19)12(11-7-8-20-15(11)21-17)13(18)16-9-10-5-3-2-4-6-10/h2-8,12H,9H2,1H3,(H,16,18). The second-order valence-corrected chi connectivity index (χ2v) is 7.04. The highest BCUT2D eigenvalue weighted by atomic mass is 32.2. The van der Waals surface area contributed by atoms with E-state index in [2.05, 4.69) is 5.32 Å². The molecular weight excluding hydrogens is 304 g/mol. The van der Waals surface area contributed by atoms with Crippen LogP contribution in [0.3, 0.4) is 0 Å². The van der Waals surface area contributed by atoms with Crippen LogP contribution in [0, 0.1) is 0 Å². The molecule has 0 radical (unpaired) electrons. The van der Waals surface area contributed by atoms with E-state index in [9.17, 15) is 9.59 Å². The maximum atomic E-state index is 12.4. The van der Waals surface area contributed by atoms with E-state index in [1.807, 2.05) is 41.8 Å². The molecule has 1 aliphatic heterocycles. The summed E-state index contributed by atoms with van der Waals surface area (Å²) in [5.41, 5.74) is 1.83. The molecule has 1 aromatic carbocycles. The molecule has 0 bridgehead atoms. The van der Waals surface area contributed by atoms with Crippen LogP contribution in [0.15, 0.2) is 46.0 Å². The van der Waals surface area contributed by atoms with Crippen LogP contribution in [-0.2, 0) is 16.1 Å². The third-order valence-electron chi connectivity index (χ3n) is 3.32. The Morgan fingerprint density at radius 2 is 2.05 bits per heavy atom. The van der Waals surface area contributed by atoms with E-state index in [4.69, 9.17) is 0 Å². The Balaban J connectivity index is 1.76. The van der Waals surface area contributed by atoms with Gasteiger partial charge in [0.25, 0.3) is 0 Å². The van der Waals surface area contributed by atoms with Crippen LogP contribution in [0.5, 0.6) is 0 Å². The van der Waals surface area contributed by atoms with Crippen LogP contribution in [0.4, 0.5) is 0 Å². The van der Waals surface area contributed by atoms with E-state index in [1.165, 1.54) is 16.3 Å². The molecule has 108 valence electrons. The summed E-state index contributed by atoms with van der Waals surface area (Å²) in [6.45, 7) is 0.430. The highest BCUT2D eigenvalue weighted by molar-refractivity contribution is 7.99. The first kappa shape index (κ1) is 14.2. The maximum absolute atomic E-state index is 12.4. The van der Waals surface area contributed by atoms with E-state index in [0.717, 1.165) is 15.3 Å². The number of benzene rings is 1. The van der Waals surface area contributed by atoms with Crippen molar-refractivity contribution in [1.29, 1.82) is 0 Å². The first-order valence-electron chi connectivity index (χ1n) is 6.51. The third kappa shape index (κ3) is 2.82. The molecule has 1 atom stereocenters. The molecule has 2 aromatic rings. The molecule has 0 aliphatic carbocycles. The first-order valence-corrected chi connectivity index (χ1v) is 8.16.